The van der Waals surface area contributed by atoms with E-state index < -0.39 is 16.1 Å². The summed E-state index contributed by atoms with van der Waals surface area (Å²) in [5.41, 5.74) is 2.40. The number of likely N-dealkylation sites (N-methyl/N-ethyl adjacent to an activating group) is 1. The second-order valence-corrected chi connectivity index (χ2v) is 13.2. The van der Waals surface area contributed by atoms with E-state index in [0.29, 0.717) is 35.4 Å². The van der Waals surface area contributed by atoms with Gasteiger partial charge in [-0.05, 0) is 68.9 Å². The Labute approximate surface area is 251 Å². The fourth-order valence-corrected chi connectivity index (χ4v) is 6.13. The highest BCUT2D eigenvalue weighted by Gasteiger charge is 2.33. The van der Waals surface area contributed by atoms with Crippen molar-refractivity contribution < 1.29 is 23.1 Å². The maximum Gasteiger partial charge on any atom is 0.261 e. The number of nitrogens with zero attached hydrogens (tertiary/aromatic N) is 2. The average molecular weight is 621 g/mol. The van der Waals surface area contributed by atoms with Crippen molar-refractivity contribution in [2.24, 2.45) is 5.92 Å². The molecule has 8 nitrogen and oxygen atoms in total. The second-order valence-electron chi connectivity index (χ2n) is 10.7. The van der Waals surface area contributed by atoms with Crippen LogP contribution in [-0.4, -0.2) is 68.1 Å². The first-order valence-electron chi connectivity index (χ1n) is 13.3. The SMILES string of the molecule is Cc1ccc(S(=O)(=O)Nc2ccc3c(c2)C(=O)N([C@H](C)CO)C[C@@H](C)[C@H](CN(C)Cc2ccc(Cl)c(Cl)c2)O3)cc1. The third-order valence-corrected chi connectivity index (χ3v) is 9.31. The van der Waals surface area contributed by atoms with Crippen LogP contribution in [0.2, 0.25) is 10.0 Å². The maximum atomic E-state index is 13.7. The van der Waals surface area contributed by atoms with Gasteiger partial charge in [-0.1, -0.05) is 53.9 Å². The van der Waals surface area contributed by atoms with Crippen molar-refractivity contribution in [3.8, 4) is 5.75 Å². The molecule has 0 radical (unpaired) electrons. The van der Waals surface area contributed by atoms with Crippen LogP contribution in [0.15, 0.2) is 65.6 Å². The number of ether oxygens (including phenoxy) is 1. The number of nitrogens with one attached hydrogen (secondary N) is 1. The van der Waals surface area contributed by atoms with E-state index in [0.717, 1.165) is 11.1 Å². The molecule has 2 N–H and O–H groups in total. The van der Waals surface area contributed by atoms with Crippen molar-refractivity contribution in [3.05, 3.63) is 87.4 Å². The summed E-state index contributed by atoms with van der Waals surface area (Å²) in [6, 6.07) is 16.3. The molecule has 3 aromatic carbocycles. The molecule has 0 fully saturated rings. The number of sulfonamides is 1. The summed E-state index contributed by atoms with van der Waals surface area (Å²) in [4.78, 5) is 17.6. The van der Waals surface area contributed by atoms with Crippen LogP contribution < -0.4 is 9.46 Å². The molecule has 1 heterocycles. The average Bonchev–Trinajstić information content (AvgIpc) is 2.92. The van der Waals surface area contributed by atoms with E-state index in [1.165, 1.54) is 18.2 Å². The van der Waals surface area contributed by atoms with E-state index >= 15 is 0 Å². The Bertz CT molecular complexity index is 1500. The van der Waals surface area contributed by atoms with Gasteiger partial charge in [0.2, 0.25) is 0 Å². The number of benzene rings is 3. The van der Waals surface area contributed by atoms with Gasteiger partial charge < -0.3 is 14.7 Å². The lowest BCUT2D eigenvalue weighted by molar-refractivity contribution is 0.0341. The van der Waals surface area contributed by atoms with Crippen LogP contribution in [0.3, 0.4) is 0 Å². The molecule has 0 saturated carbocycles. The lowest BCUT2D eigenvalue weighted by Gasteiger charge is -2.38. The molecule has 11 heteroatoms. The molecule has 0 bridgehead atoms. The van der Waals surface area contributed by atoms with Crippen molar-refractivity contribution in [3.63, 3.8) is 0 Å². The number of halogens is 2. The van der Waals surface area contributed by atoms with E-state index in [9.17, 15) is 18.3 Å². The molecule has 0 aromatic heterocycles. The molecule has 0 spiro atoms. The molecule has 1 aliphatic heterocycles. The van der Waals surface area contributed by atoms with Gasteiger partial charge in [0, 0.05) is 31.2 Å². The van der Waals surface area contributed by atoms with Crippen LogP contribution in [0.5, 0.6) is 5.75 Å². The minimum Gasteiger partial charge on any atom is -0.488 e. The first kappa shape index (κ1) is 31.1. The number of anilines is 1. The Balaban J connectivity index is 1.62. The van der Waals surface area contributed by atoms with Gasteiger partial charge in [0.15, 0.2) is 0 Å². The quantitative estimate of drug-likeness (QED) is 0.330. The van der Waals surface area contributed by atoms with Gasteiger partial charge in [0.25, 0.3) is 15.9 Å². The van der Waals surface area contributed by atoms with E-state index in [2.05, 4.69) is 9.62 Å². The summed E-state index contributed by atoms with van der Waals surface area (Å²) in [5, 5.41) is 10.9. The number of aryl methyl sites for hydroxylation is 1. The largest absolute Gasteiger partial charge is 0.488 e. The number of hydrogen-bond donors (Lipinski definition) is 2. The highest BCUT2D eigenvalue weighted by Crippen LogP contribution is 2.32. The summed E-state index contributed by atoms with van der Waals surface area (Å²) < 4.78 is 35.1. The van der Waals surface area contributed by atoms with Gasteiger partial charge in [-0.2, -0.15) is 0 Å². The molecule has 220 valence electrons. The molecule has 41 heavy (non-hydrogen) atoms. The van der Waals surface area contributed by atoms with Crippen molar-refractivity contribution >= 4 is 44.8 Å². The fourth-order valence-electron chi connectivity index (χ4n) is 4.76. The number of fused-ring (bicyclic) bond motifs is 1. The van der Waals surface area contributed by atoms with Gasteiger partial charge >= 0.3 is 0 Å². The lowest BCUT2D eigenvalue weighted by atomic mass is 9.99. The van der Waals surface area contributed by atoms with Gasteiger partial charge in [-0.15, -0.1) is 0 Å². The predicted molar refractivity (Wildman–Crippen MR) is 162 cm³/mol. The molecular formula is C30H35Cl2N3O5S. The minimum absolute atomic E-state index is 0.0722. The number of carbonyl (C=O) groups is 1. The standard InChI is InChI=1S/C30H35Cl2N3O5S/c1-19-5-9-24(10-6-19)41(38,39)33-23-8-12-28-25(14-23)30(37)35(21(3)18-36)15-20(2)29(40-28)17-34(4)16-22-7-11-26(31)27(32)13-22/h5-14,20-21,29,33,36H,15-18H2,1-4H3/t20-,21-,29+/m1/s1. The Kier molecular flexibility index (Phi) is 9.87. The summed E-state index contributed by atoms with van der Waals surface area (Å²) in [7, 11) is -1.90. The Hall–Kier alpha value is -2.82. The van der Waals surface area contributed by atoms with Crippen molar-refractivity contribution in [2.45, 2.75) is 44.4 Å². The molecule has 1 aliphatic rings. The summed E-state index contributed by atoms with van der Waals surface area (Å²) in [5.74, 6) is -0.0626. The Morgan fingerprint density at radius 2 is 1.80 bits per heavy atom. The maximum absolute atomic E-state index is 13.7. The second kappa shape index (κ2) is 13.0. The summed E-state index contributed by atoms with van der Waals surface area (Å²) >= 11 is 12.3. The van der Waals surface area contributed by atoms with Crippen molar-refractivity contribution in [1.82, 2.24) is 9.80 Å². The molecule has 0 saturated heterocycles. The number of hydrogen-bond acceptors (Lipinski definition) is 6. The number of amides is 1. The van der Waals surface area contributed by atoms with E-state index in [1.807, 2.05) is 33.0 Å². The van der Waals surface area contributed by atoms with Gasteiger partial charge in [-0.25, -0.2) is 8.42 Å². The van der Waals surface area contributed by atoms with Crippen LogP contribution in [-0.2, 0) is 16.6 Å². The molecule has 0 aliphatic carbocycles. The number of rotatable bonds is 9. The predicted octanol–water partition coefficient (Wildman–Crippen LogP) is 5.45. The Morgan fingerprint density at radius 1 is 1.10 bits per heavy atom. The number of aliphatic hydroxyl groups is 1. The topological polar surface area (TPSA) is 99.2 Å². The number of aliphatic hydroxyl groups excluding tert-OH is 1. The molecule has 0 unspecified atom stereocenters. The van der Waals surface area contributed by atoms with Crippen LogP contribution in [0.1, 0.15) is 35.3 Å². The van der Waals surface area contributed by atoms with Gasteiger partial charge in [0.05, 0.1) is 33.2 Å². The third-order valence-electron chi connectivity index (χ3n) is 7.18. The van der Waals surface area contributed by atoms with Crippen LogP contribution in [0, 0.1) is 12.8 Å². The normalized spacial score (nSPS) is 18.3. The Morgan fingerprint density at radius 3 is 2.46 bits per heavy atom. The first-order chi connectivity index (χ1) is 19.4. The zero-order chi connectivity index (χ0) is 29.9. The molecule has 3 aromatic rings. The number of carbonyl (C=O) groups excluding carboxylic acids is 1. The third kappa shape index (κ3) is 7.53. The van der Waals surface area contributed by atoms with E-state index in [4.69, 9.17) is 27.9 Å². The van der Waals surface area contributed by atoms with E-state index in [1.54, 1.807) is 42.2 Å². The zero-order valence-electron chi connectivity index (χ0n) is 23.5. The summed E-state index contributed by atoms with van der Waals surface area (Å²) in [6.07, 6.45) is -0.307. The smallest absolute Gasteiger partial charge is 0.261 e. The van der Waals surface area contributed by atoms with Crippen LogP contribution in [0.25, 0.3) is 0 Å². The first-order valence-corrected chi connectivity index (χ1v) is 15.6. The molecule has 3 atom stereocenters. The molecular weight excluding hydrogens is 585 g/mol. The van der Waals surface area contributed by atoms with Crippen LogP contribution >= 0.6 is 23.2 Å². The zero-order valence-corrected chi connectivity index (χ0v) is 25.8. The van der Waals surface area contributed by atoms with Crippen LogP contribution in [0.4, 0.5) is 5.69 Å². The fraction of sp³-hybridized carbons (Fsp3) is 0.367. The highest BCUT2D eigenvalue weighted by molar-refractivity contribution is 7.92. The van der Waals surface area contributed by atoms with Gasteiger partial charge in [-0.3, -0.25) is 14.4 Å². The molecule has 4 rings (SSSR count). The van der Waals surface area contributed by atoms with Gasteiger partial charge in [0.1, 0.15) is 11.9 Å². The summed E-state index contributed by atoms with van der Waals surface area (Å²) in [6.45, 7) is 6.95. The monoisotopic (exact) mass is 619 g/mol. The van der Waals surface area contributed by atoms with Crippen molar-refractivity contribution in [2.75, 3.05) is 31.5 Å². The van der Waals surface area contributed by atoms with E-state index in [-0.39, 0.29) is 40.7 Å². The lowest BCUT2D eigenvalue weighted by Crippen LogP contribution is -2.49. The minimum atomic E-state index is -3.88. The molecule has 1 amide bonds. The van der Waals surface area contributed by atoms with Crippen molar-refractivity contribution in [1.29, 1.82) is 0 Å². The highest BCUT2D eigenvalue weighted by atomic mass is 35.5.